The van der Waals surface area contributed by atoms with E-state index in [1.807, 2.05) is 26.0 Å². The fourth-order valence-electron chi connectivity index (χ4n) is 4.43. The summed E-state index contributed by atoms with van der Waals surface area (Å²) in [6.45, 7) is 15.5. The summed E-state index contributed by atoms with van der Waals surface area (Å²) in [4.78, 5) is 17.5. The molecule has 1 amide bonds. The van der Waals surface area contributed by atoms with Crippen molar-refractivity contribution in [1.82, 2.24) is 10.3 Å². The molecule has 0 unspecified atom stereocenters. The molecule has 1 aromatic heterocycles. The van der Waals surface area contributed by atoms with Crippen LogP contribution in [0.15, 0.2) is 29.2 Å². The molecule has 176 valence electrons. The Balaban J connectivity index is 0.00000149. The van der Waals surface area contributed by atoms with Crippen molar-refractivity contribution in [2.45, 2.75) is 72.1 Å². The zero-order chi connectivity index (χ0) is 24.6. The third-order valence-electron chi connectivity index (χ3n) is 6.47. The lowest BCUT2D eigenvalue weighted by Crippen LogP contribution is -2.34. The Morgan fingerprint density at radius 1 is 1.09 bits per heavy atom. The minimum atomic E-state index is -0.178. The van der Waals surface area contributed by atoms with Gasteiger partial charge in [0.05, 0.1) is 17.7 Å². The number of methoxy groups -OCH3 is 1. The maximum Gasteiger partial charge on any atom is 0.263 e. The van der Waals surface area contributed by atoms with Gasteiger partial charge in [-0.15, -0.1) is 0 Å². The second-order valence-electron chi connectivity index (χ2n) is 9.62. The second kappa shape index (κ2) is 9.59. The quantitative estimate of drug-likeness (QED) is 0.380. The highest BCUT2D eigenvalue weighted by Gasteiger charge is 2.37. The molecule has 4 nitrogen and oxygen atoms in total. The number of carbonyl (C=O) groups excluding carboxylic acids is 1. The Morgan fingerprint density at radius 3 is 2.24 bits per heavy atom. The van der Waals surface area contributed by atoms with Gasteiger partial charge in [0.2, 0.25) is 0 Å². The van der Waals surface area contributed by atoms with Crippen molar-refractivity contribution in [3.05, 3.63) is 51.6 Å². The SMILES string of the molecule is CC.COc1ccc(/C=C2\SC(=S)NC2=O)nc1-c1cc2c(cc1C)C(C)(C)CCC2(C)C. The number of nitrogens with one attached hydrogen (secondary N) is 1. The van der Waals surface area contributed by atoms with Crippen molar-refractivity contribution in [2.75, 3.05) is 7.11 Å². The summed E-state index contributed by atoms with van der Waals surface area (Å²) in [6.07, 6.45) is 4.11. The van der Waals surface area contributed by atoms with Crippen LogP contribution in [0.25, 0.3) is 17.3 Å². The van der Waals surface area contributed by atoms with Crippen LogP contribution in [0.2, 0.25) is 0 Å². The third kappa shape index (κ3) is 5.02. The predicted molar refractivity (Wildman–Crippen MR) is 144 cm³/mol. The van der Waals surface area contributed by atoms with Crippen LogP contribution in [0.4, 0.5) is 0 Å². The van der Waals surface area contributed by atoms with Crippen molar-refractivity contribution < 1.29 is 9.53 Å². The lowest BCUT2D eigenvalue weighted by Gasteiger charge is -2.42. The van der Waals surface area contributed by atoms with Crippen molar-refractivity contribution in [3.8, 4) is 17.0 Å². The molecule has 1 aliphatic carbocycles. The first-order valence-electron chi connectivity index (χ1n) is 11.5. The van der Waals surface area contributed by atoms with Crippen molar-refractivity contribution >= 4 is 40.3 Å². The first-order chi connectivity index (χ1) is 15.5. The molecular formula is C27H34N2O2S2. The Kier molecular flexibility index (Phi) is 7.39. The molecule has 2 heterocycles. The number of benzene rings is 1. The maximum atomic E-state index is 12.1. The van der Waals surface area contributed by atoms with E-state index in [9.17, 15) is 4.79 Å². The summed E-state index contributed by atoms with van der Waals surface area (Å²) in [6, 6.07) is 8.42. The summed E-state index contributed by atoms with van der Waals surface area (Å²) < 4.78 is 6.14. The number of thiocarbonyl (C=S) groups is 1. The number of aryl methyl sites for hydroxylation is 1. The van der Waals surface area contributed by atoms with Gasteiger partial charge in [-0.3, -0.25) is 4.79 Å². The molecule has 2 aliphatic rings. The van der Waals surface area contributed by atoms with E-state index >= 15 is 0 Å². The second-order valence-corrected chi connectivity index (χ2v) is 11.3. The lowest BCUT2D eigenvalue weighted by atomic mass is 9.62. The van der Waals surface area contributed by atoms with E-state index in [0.717, 1.165) is 23.4 Å². The molecule has 0 spiro atoms. The van der Waals surface area contributed by atoms with Gasteiger partial charge in [0.25, 0.3) is 5.91 Å². The Morgan fingerprint density at radius 2 is 1.70 bits per heavy atom. The number of carbonyl (C=O) groups is 1. The Labute approximate surface area is 207 Å². The molecule has 0 bridgehead atoms. The number of fused-ring (bicyclic) bond motifs is 1. The van der Waals surface area contributed by atoms with Crippen LogP contribution in [0.3, 0.4) is 0 Å². The van der Waals surface area contributed by atoms with E-state index in [0.29, 0.717) is 14.9 Å². The molecule has 0 saturated carbocycles. The molecule has 1 saturated heterocycles. The average Bonchev–Trinajstić information content (AvgIpc) is 3.09. The minimum Gasteiger partial charge on any atom is -0.494 e. The average molecular weight is 483 g/mol. The first kappa shape index (κ1) is 25.4. The van der Waals surface area contributed by atoms with Crippen LogP contribution in [0.5, 0.6) is 5.75 Å². The zero-order valence-corrected chi connectivity index (χ0v) is 22.5. The van der Waals surface area contributed by atoms with Gasteiger partial charge in [-0.2, -0.15) is 0 Å². The number of ether oxygens (including phenoxy) is 1. The van der Waals surface area contributed by atoms with Gasteiger partial charge >= 0.3 is 0 Å². The molecule has 0 radical (unpaired) electrons. The molecule has 1 fully saturated rings. The van der Waals surface area contributed by atoms with Gasteiger partial charge in [0, 0.05) is 5.56 Å². The maximum absolute atomic E-state index is 12.1. The van der Waals surface area contributed by atoms with E-state index < -0.39 is 0 Å². The van der Waals surface area contributed by atoms with Crippen molar-refractivity contribution in [3.63, 3.8) is 0 Å². The summed E-state index contributed by atoms with van der Waals surface area (Å²) in [5, 5.41) is 2.65. The normalized spacial score (nSPS) is 19.5. The van der Waals surface area contributed by atoms with Gasteiger partial charge in [-0.05, 0) is 71.6 Å². The van der Waals surface area contributed by atoms with Gasteiger partial charge < -0.3 is 10.1 Å². The fraction of sp³-hybridized carbons (Fsp3) is 0.444. The molecule has 33 heavy (non-hydrogen) atoms. The van der Waals surface area contributed by atoms with E-state index in [1.165, 1.54) is 34.9 Å². The van der Waals surface area contributed by atoms with Crippen LogP contribution >= 0.6 is 24.0 Å². The predicted octanol–water partition coefficient (Wildman–Crippen LogP) is 6.93. The number of hydrogen-bond donors (Lipinski definition) is 1. The van der Waals surface area contributed by atoms with Crippen LogP contribution in [-0.4, -0.2) is 22.3 Å². The van der Waals surface area contributed by atoms with Crippen molar-refractivity contribution in [1.29, 1.82) is 0 Å². The van der Waals surface area contributed by atoms with Gasteiger partial charge in [0.1, 0.15) is 15.8 Å². The molecule has 6 heteroatoms. The highest BCUT2D eigenvalue weighted by atomic mass is 32.2. The summed E-state index contributed by atoms with van der Waals surface area (Å²) in [7, 11) is 1.66. The van der Waals surface area contributed by atoms with E-state index in [2.05, 4.69) is 52.1 Å². The fourth-order valence-corrected chi connectivity index (χ4v) is 5.46. The topological polar surface area (TPSA) is 51.2 Å². The standard InChI is InChI=1S/C25H28N2O2S2.C2H6/c1-14-11-17-18(25(4,5)10-9-24(17,2)3)13-16(14)21-19(29-6)8-7-15(26-21)12-20-22(28)27-23(30)31-20;1-2/h7-8,11-13H,9-10H2,1-6H3,(H,27,28,30);1-2H3/b20-12-;. The monoisotopic (exact) mass is 482 g/mol. The number of pyridine rings is 1. The Bertz CT molecular complexity index is 1130. The molecule has 1 N–H and O–H groups in total. The smallest absolute Gasteiger partial charge is 0.263 e. The van der Waals surface area contributed by atoms with Gasteiger partial charge in [-0.1, -0.05) is 71.6 Å². The number of aromatic nitrogens is 1. The number of nitrogens with zero attached hydrogens (tertiary/aromatic N) is 1. The number of amides is 1. The number of rotatable bonds is 3. The summed E-state index contributed by atoms with van der Waals surface area (Å²) in [5.41, 5.74) is 6.81. The largest absolute Gasteiger partial charge is 0.494 e. The van der Waals surface area contributed by atoms with Crippen LogP contribution < -0.4 is 10.1 Å². The van der Waals surface area contributed by atoms with E-state index in [4.69, 9.17) is 21.9 Å². The number of thioether (sulfide) groups is 1. The summed E-state index contributed by atoms with van der Waals surface area (Å²) >= 11 is 6.36. The lowest BCUT2D eigenvalue weighted by molar-refractivity contribution is -0.115. The van der Waals surface area contributed by atoms with Crippen LogP contribution in [0, 0.1) is 6.92 Å². The molecule has 0 atom stereocenters. The minimum absolute atomic E-state index is 0.106. The zero-order valence-electron chi connectivity index (χ0n) is 20.9. The molecule has 1 aromatic carbocycles. The highest BCUT2D eigenvalue weighted by Crippen LogP contribution is 2.48. The van der Waals surface area contributed by atoms with Crippen LogP contribution in [0.1, 0.15) is 76.8 Å². The highest BCUT2D eigenvalue weighted by molar-refractivity contribution is 8.26. The number of hydrogen-bond acceptors (Lipinski definition) is 5. The Hall–Kier alpha value is -2.18. The van der Waals surface area contributed by atoms with Gasteiger partial charge in [-0.25, -0.2) is 4.98 Å². The summed E-state index contributed by atoms with van der Waals surface area (Å²) in [5.74, 6) is 0.542. The molecule has 4 rings (SSSR count). The van der Waals surface area contributed by atoms with Gasteiger partial charge in [0.15, 0.2) is 0 Å². The van der Waals surface area contributed by atoms with Crippen LogP contribution in [-0.2, 0) is 15.6 Å². The van der Waals surface area contributed by atoms with E-state index in [1.54, 1.807) is 13.2 Å². The molecule has 2 aromatic rings. The third-order valence-corrected chi connectivity index (χ3v) is 7.64. The van der Waals surface area contributed by atoms with E-state index in [-0.39, 0.29) is 16.7 Å². The molecule has 1 aliphatic heterocycles. The first-order valence-corrected chi connectivity index (χ1v) is 12.7. The molecular weight excluding hydrogens is 448 g/mol. The van der Waals surface area contributed by atoms with Crippen molar-refractivity contribution in [2.24, 2.45) is 0 Å².